The van der Waals surface area contributed by atoms with E-state index in [4.69, 9.17) is 10.5 Å². The maximum Gasteiger partial charge on any atom is 0.205 e. The van der Waals surface area contributed by atoms with Crippen molar-refractivity contribution < 1.29 is 4.74 Å². The first-order valence-corrected chi connectivity index (χ1v) is 6.67. The SMILES string of the molecule is CCOc1cccc(-n2c(N)nc3cc(C)ccc32)c1. The Bertz CT molecular complexity index is 762. The van der Waals surface area contributed by atoms with E-state index in [-0.39, 0.29) is 0 Å². The van der Waals surface area contributed by atoms with E-state index in [1.165, 1.54) is 5.56 Å². The van der Waals surface area contributed by atoms with Crippen LogP contribution in [0.15, 0.2) is 42.5 Å². The molecule has 0 aliphatic carbocycles. The van der Waals surface area contributed by atoms with Crippen LogP contribution in [0.2, 0.25) is 0 Å². The number of imidazole rings is 1. The first kappa shape index (κ1) is 12.5. The molecule has 2 aromatic carbocycles. The number of fused-ring (bicyclic) bond motifs is 1. The predicted molar refractivity (Wildman–Crippen MR) is 81.4 cm³/mol. The highest BCUT2D eigenvalue weighted by Crippen LogP contribution is 2.26. The number of nitrogens with zero attached hydrogens (tertiary/aromatic N) is 2. The largest absolute Gasteiger partial charge is 0.494 e. The van der Waals surface area contributed by atoms with Crippen LogP contribution in [0.5, 0.6) is 5.75 Å². The Morgan fingerprint density at radius 1 is 1.20 bits per heavy atom. The lowest BCUT2D eigenvalue weighted by molar-refractivity contribution is 0.340. The van der Waals surface area contributed by atoms with Crippen molar-refractivity contribution in [1.29, 1.82) is 0 Å². The molecule has 3 aromatic rings. The number of aryl methyl sites for hydroxylation is 1. The average Bonchev–Trinajstić information content (AvgIpc) is 2.74. The number of benzene rings is 2. The molecule has 4 nitrogen and oxygen atoms in total. The Labute approximate surface area is 117 Å². The van der Waals surface area contributed by atoms with Gasteiger partial charge in [0.2, 0.25) is 5.95 Å². The summed E-state index contributed by atoms with van der Waals surface area (Å²) in [6, 6.07) is 14.0. The van der Waals surface area contributed by atoms with E-state index >= 15 is 0 Å². The van der Waals surface area contributed by atoms with Crippen molar-refractivity contribution in [1.82, 2.24) is 9.55 Å². The van der Waals surface area contributed by atoms with Gasteiger partial charge in [0, 0.05) is 6.07 Å². The summed E-state index contributed by atoms with van der Waals surface area (Å²) in [4.78, 5) is 4.43. The van der Waals surface area contributed by atoms with Crippen LogP contribution in [0.4, 0.5) is 5.95 Å². The van der Waals surface area contributed by atoms with Crippen molar-refractivity contribution in [2.75, 3.05) is 12.3 Å². The molecule has 2 N–H and O–H groups in total. The Morgan fingerprint density at radius 3 is 2.85 bits per heavy atom. The molecule has 1 aromatic heterocycles. The number of nitrogen functional groups attached to an aromatic ring is 1. The standard InChI is InChI=1S/C16H17N3O/c1-3-20-13-6-4-5-12(10-13)19-15-8-7-11(2)9-14(15)18-16(19)17/h4-10H,3H2,1-2H3,(H2,17,18). The number of aromatic nitrogens is 2. The molecule has 0 saturated heterocycles. The van der Waals surface area contributed by atoms with Gasteiger partial charge in [0.05, 0.1) is 23.3 Å². The third-order valence-corrected chi connectivity index (χ3v) is 3.22. The lowest BCUT2D eigenvalue weighted by atomic mass is 10.2. The molecule has 0 atom stereocenters. The molecule has 0 radical (unpaired) electrons. The molecule has 0 aliphatic rings. The molecule has 0 spiro atoms. The van der Waals surface area contributed by atoms with Crippen LogP contribution >= 0.6 is 0 Å². The van der Waals surface area contributed by atoms with Gasteiger partial charge in [0.1, 0.15) is 5.75 Å². The van der Waals surface area contributed by atoms with Crippen molar-refractivity contribution in [3.63, 3.8) is 0 Å². The summed E-state index contributed by atoms with van der Waals surface area (Å²) < 4.78 is 7.48. The maximum absolute atomic E-state index is 6.07. The molecule has 3 rings (SSSR count). The quantitative estimate of drug-likeness (QED) is 0.792. The summed E-state index contributed by atoms with van der Waals surface area (Å²) in [5.41, 5.74) is 10.1. The zero-order valence-corrected chi connectivity index (χ0v) is 11.6. The highest BCUT2D eigenvalue weighted by Gasteiger charge is 2.10. The highest BCUT2D eigenvalue weighted by molar-refractivity contribution is 5.81. The molecule has 0 saturated carbocycles. The van der Waals surface area contributed by atoms with Gasteiger partial charge >= 0.3 is 0 Å². The van der Waals surface area contributed by atoms with E-state index in [9.17, 15) is 0 Å². The average molecular weight is 267 g/mol. The topological polar surface area (TPSA) is 53.1 Å². The normalized spacial score (nSPS) is 10.9. The summed E-state index contributed by atoms with van der Waals surface area (Å²) in [5.74, 6) is 1.32. The fraction of sp³-hybridized carbons (Fsp3) is 0.188. The van der Waals surface area contributed by atoms with Crippen LogP contribution in [0.3, 0.4) is 0 Å². The lowest BCUT2D eigenvalue weighted by Gasteiger charge is -2.09. The predicted octanol–water partition coefficient (Wildman–Crippen LogP) is 3.31. The van der Waals surface area contributed by atoms with Crippen LogP contribution in [0.1, 0.15) is 12.5 Å². The van der Waals surface area contributed by atoms with E-state index in [0.717, 1.165) is 22.5 Å². The Kier molecular flexibility index (Phi) is 3.06. The molecule has 0 aliphatic heterocycles. The third kappa shape index (κ3) is 2.09. The molecular weight excluding hydrogens is 250 g/mol. The van der Waals surface area contributed by atoms with E-state index in [2.05, 4.69) is 11.1 Å². The van der Waals surface area contributed by atoms with Crippen LogP contribution in [0.25, 0.3) is 16.7 Å². The van der Waals surface area contributed by atoms with Crippen molar-refractivity contribution in [2.45, 2.75) is 13.8 Å². The van der Waals surface area contributed by atoms with Gasteiger partial charge in [-0.25, -0.2) is 4.98 Å². The molecular formula is C16H17N3O. The molecule has 1 heterocycles. The van der Waals surface area contributed by atoms with Gasteiger partial charge in [0.15, 0.2) is 0 Å². The first-order valence-electron chi connectivity index (χ1n) is 6.67. The second kappa shape index (κ2) is 4.89. The van der Waals surface area contributed by atoms with Gasteiger partial charge < -0.3 is 10.5 Å². The number of ether oxygens (including phenoxy) is 1. The lowest BCUT2D eigenvalue weighted by Crippen LogP contribution is -2.01. The van der Waals surface area contributed by atoms with Crippen LogP contribution in [0, 0.1) is 6.92 Å². The second-order valence-corrected chi connectivity index (χ2v) is 4.73. The number of hydrogen-bond acceptors (Lipinski definition) is 3. The molecule has 20 heavy (non-hydrogen) atoms. The molecule has 4 heteroatoms. The summed E-state index contributed by atoms with van der Waals surface area (Å²) in [7, 11) is 0. The molecule has 102 valence electrons. The number of hydrogen-bond donors (Lipinski definition) is 1. The Balaban J connectivity index is 2.18. The molecule has 0 fully saturated rings. The second-order valence-electron chi connectivity index (χ2n) is 4.73. The van der Waals surface area contributed by atoms with E-state index < -0.39 is 0 Å². The Morgan fingerprint density at radius 2 is 2.05 bits per heavy atom. The van der Waals surface area contributed by atoms with Gasteiger partial charge in [-0.2, -0.15) is 0 Å². The van der Waals surface area contributed by atoms with Crippen LogP contribution in [-0.4, -0.2) is 16.2 Å². The zero-order valence-electron chi connectivity index (χ0n) is 11.6. The van der Waals surface area contributed by atoms with Gasteiger partial charge in [0.25, 0.3) is 0 Å². The monoisotopic (exact) mass is 267 g/mol. The summed E-state index contributed by atoms with van der Waals surface area (Å²) in [5, 5.41) is 0. The summed E-state index contributed by atoms with van der Waals surface area (Å²) in [6.45, 7) is 4.66. The first-order chi connectivity index (χ1) is 9.69. The van der Waals surface area contributed by atoms with Crippen molar-refractivity contribution in [3.05, 3.63) is 48.0 Å². The minimum absolute atomic E-state index is 0.485. The van der Waals surface area contributed by atoms with Crippen LogP contribution < -0.4 is 10.5 Å². The number of anilines is 1. The van der Waals surface area contributed by atoms with Crippen LogP contribution in [-0.2, 0) is 0 Å². The van der Waals surface area contributed by atoms with Crippen molar-refractivity contribution >= 4 is 17.0 Å². The van der Waals surface area contributed by atoms with Gasteiger partial charge in [-0.05, 0) is 43.7 Å². The smallest absolute Gasteiger partial charge is 0.205 e. The minimum atomic E-state index is 0.485. The van der Waals surface area contributed by atoms with Crippen molar-refractivity contribution in [2.24, 2.45) is 0 Å². The highest BCUT2D eigenvalue weighted by atomic mass is 16.5. The third-order valence-electron chi connectivity index (χ3n) is 3.22. The fourth-order valence-corrected chi connectivity index (χ4v) is 2.36. The fourth-order valence-electron chi connectivity index (χ4n) is 2.36. The van der Waals surface area contributed by atoms with E-state index in [0.29, 0.717) is 12.6 Å². The summed E-state index contributed by atoms with van der Waals surface area (Å²) >= 11 is 0. The van der Waals surface area contributed by atoms with Crippen molar-refractivity contribution in [3.8, 4) is 11.4 Å². The zero-order chi connectivity index (χ0) is 14.1. The number of nitrogens with two attached hydrogens (primary N) is 1. The summed E-state index contributed by atoms with van der Waals surface area (Å²) in [6.07, 6.45) is 0. The Hall–Kier alpha value is -2.49. The van der Waals surface area contributed by atoms with Gasteiger partial charge in [-0.15, -0.1) is 0 Å². The molecule has 0 bridgehead atoms. The van der Waals surface area contributed by atoms with E-state index in [1.54, 1.807) is 0 Å². The van der Waals surface area contributed by atoms with E-state index in [1.807, 2.05) is 54.8 Å². The molecule has 0 amide bonds. The van der Waals surface area contributed by atoms with Gasteiger partial charge in [-0.1, -0.05) is 12.1 Å². The maximum atomic E-state index is 6.07. The number of rotatable bonds is 3. The molecule has 0 unspecified atom stereocenters. The minimum Gasteiger partial charge on any atom is -0.494 e. The van der Waals surface area contributed by atoms with Gasteiger partial charge in [-0.3, -0.25) is 4.57 Å².